The van der Waals surface area contributed by atoms with Gasteiger partial charge in [-0.3, -0.25) is 4.98 Å². The molecule has 3 nitrogen and oxygen atoms in total. The van der Waals surface area contributed by atoms with Gasteiger partial charge in [-0.25, -0.2) is 9.37 Å². The molecule has 1 aliphatic carbocycles. The maximum Gasteiger partial charge on any atom is 0.169 e. The van der Waals surface area contributed by atoms with E-state index >= 15 is 0 Å². The molecule has 0 unspecified atom stereocenters. The number of pyridine rings is 1. The van der Waals surface area contributed by atoms with Crippen molar-refractivity contribution in [1.82, 2.24) is 14.5 Å². The van der Waals surface area contributed by atoms with E-state index in [2.05, 4.69) is 15.8 Å². The summed E-state index contributed by atoms with van der Waals surface area (Å²) in [7, 11) is 0. The fourth-order valence-electron chi connectivity index (χ4n) is 3.83. The molecular formula is C21H22FN3S. The van der Waals surface area contributed by atoms with Gasteiger partial charge in [-0.15, -0.1) is 0 Å². The Morgan fingerprint density at radius 3 is 2.31 bits per heavy atom. The molecule has 0 N–H and O–H groups in total. The number of nitrogens with zero attached hydrogens (tertiary/aromatic N) is 3. The van der Waals surface area contributed by atoms with Crippen molar-refractivity contribution in [2.75, 3.05) is 6.26 Å². The molecule has 1 aromatic carbocycles. The molecule has 1 saturated carbocycles. The van der Waals surface area contributed by atoms with Crippen LogP contribution in [0.15, 0.2) is 53.9 Å². The van der Waals surface area contributed by atoms with Gasteiger partial charge in [0.15, 0.2) is 5.16 Å². The van der Waals surface area contributed by atoms with E-state index in [4.69, 9.17) is 4.98 Å². The van der Waals surface area contributed by atoms with Gasteiger partial charge in [0.05, 0.1) is 11.4 Å². The van der Waals surface area contributed by atoms with E-state index in [1.165, 1.54) is 44.2 Å². The minimum Gasteiger partial charge on any atom is -0.315 e. The number of aromatic nitrogens is 3. The van der Waals surface area contributed by atoms with Gasteiger partial charge in [-0.2, -0.15) is 0 Å². The lowest BCUT2D eigenvalue weighted by molar-refractivity contribution is 0.339. The van der Waals surface area contributed by atoms with E-state index in [9.17, 15) is 4.39 Å². The highest BCUT2D eigenvalue weighted by molar-refractivity contribution is 7.98. The Hall–Kier alpha value is -2.14. The first kappa shape index (κ1) is 17.3. The van der Waals surface area contributed by atoms with Gasteiger partial charge < -0.3 is 4.57 Å². The van der Waals surface area contributed by atoms with Crippen molar-refractivity contribution >= 4 is 11.8 Å². The predicted octanol–water partition coefficient (Wildman–Crippen LogP) is 5.98. The average Bonchev–Trinajstić information content (AvgIpc) is 3.09. The molecule has 134 valence electrons. The van der Waals surface area contributed by atoms with Crippen molar-refractivity contribution < 1.29 is 4.39 Å². The average molecular weight is 367 g/mol. The lowest BCUT2D eigenvalue weighted by Gasteiger charge is -2.26. The van der Waals surface area contributed by atoms with Crippen LogP contribution in [0.1, 0.15) is 38.1 Å². The standard InChI is InChI=1S/C21H22FN3S/c1-26-21-24-19(15-7-9-17(22)10-8-15)20(16-11-13-23-14-12-16)25(21)18-5-3-2-4-6-18/h7-14,18H,2-6H2,1H3. The van der Waals surface area contributed by atoms with Crippen molar-refractivity contribution in [2.24, 2.45) is 0 Å². The van der Waals surface area contributed by atoms with E-state index < -0.39 is 0 Å². The lowest BCUT2D eigenvalue weighted by Crippen LogP contribution is -2.15. The van der Waals surface area contributed by atoms with Crippen LogP contribution in [0.2, 0.25) is 0 Å². The van der Waals surface area contributed by atoms with Crippen LogP contribution in [0.5, 0.6) is 0 Å². The zero-order valence-electron chi connectivity index (χ0n) is 14.9. The molecule has 4 rings (SSSR count). The van der Waals surface area contributed by atoms with Crippen LogP contribution < -0.4 is 0 Å². The molecule has 1 aliphatic rings. The Morgan fingerprint density at radius 2 is 1.65 bits per heavy atom. The minimum atomic E-state index is -0.226. The Morgan fingerprint density at radius 1 is 0.962 bits per heavy atom. The quantitative estimate of drug-likeness (QED) is 0.532. The fraction of sp³-hybridized carbons (Fsp3) is 0.333. The zero-order valence-corrected chi connectivity index (χ0v) is 15.7. The first-order chi connectivity index (χ1) is 12.8. The summed E-state index contributed by atoms with van der Waals surface area (Å²) in [4.78, 5) is 9.13. The van der Waals surface area contributed by atoms with Crippen LogP contribution in [0, 0.1) is 5.82 Å². The van der Waals surface area contributed by atoms with Crippen LogP contribution in [0.4, 0.5) is 4.39 Å². The Kier molecular flexibility index (Phi) is 5.07. The number of halogens is 1. The molecule has 0 spiro atoms. The Balaban J connectivity index is 1.93. The maximum absolute atomic E-state index is 13.4. The van der Waals surface area contributed by atoms with Crippen molar-refractivity contribution in [3.63, 3.8) is 0 Å². The second kappa shape index (κ2) is 7.62. The smallest absolute Gasteiger partial charge is 0.169 e. The summed E-state index contributed by atoms with van der Waals surface area (Å²) in [5, 5.41) is 1.03. The largest absolute Gasteiger partial charge is 0.315 e. The fourth-order valence-corrected chi connectivity index (χ4v) is 4.45. The molecule has 0 amide bonds. The SMILES string of the molecule is CSc1nc(-c2ccc(F)cc2)c(-c2ccncc2)n1C1CCCCC1. The third-order valence-electron chi connectivity index (χ3n) is 5.07. The first-order valence-corrected chi connectivity index (χ1v) is 10.3. The van der Waals surface area contributed by atoms with E-state index in [0.29, 0.717) is 6.04 Å². The second-order valence-electron chi connectivity index (χ2n) is 6.70. The summed E-state index contributed by atoms with van der Waals surface area (Å²) in [5.41, 5.74) is 4.10. The highest BCUT2D eigenvalue weighted by atomic mass is 32.2. The van der Waals surface area contributed by atoms with Crippen LogP contribution in [-0.4, -0.2) is 20.8 Å². The summed E-state index contributed by atoms with van der Waals surface area (Å²) in [6.45, 7) is 0. The number of thioether (sulfide) groups is 1. The minimum absolute atomic E-state index is 0.226. The number of imidazole rings is 1. The third-order valence-corrected chi connectivity index (χ3v) is 5.73. The highest BCUT2D eigenvalue weighted by Crippen LogP contribution is 2.41. The van der Waals surface area contributed by atoms with Gasteiger partial charge in [0.25, 0.3) is 0 Å². The van der Waals surface area contributed by atoms with Gasteiger partial charge in [0, 0.05) is 29.6 Å². The van der Waals surface area contributed by atoms with E-state index in [0.717, 1.165) is 27.7 Å². The second-order valence-corrected chi connectivity index (χ2v) is 7.47. The number of rotatable bonds is 4. The zero-order chi connectivity index (χ0) is 17.9. The van der Waals surface area contributed by atoms with Gasteiger partial charge in [0.1, 0.15) is 5.82 Å². The van der Waals surface area contributed by atoms with Crippen LogP contribution in [0.3, 0.4) is 0 Å². The summed E-state index contributed by atoms with van der Waals surface area (Å²) < 4.78 is 15.8. The third kappa shape index (κ3) is 3.28. The van der Waals surface area contributed by atoms with E-state index in [1.54, 1.807) is 11.8 Å². The van der Waals surface area contributed by atoms with Crippen LogP contribution in [0.25, 0.3) is 22.5 Å². The molecule has 0 saturated heterocycles. The predicted molar refractivity (Wildman–Crippen MR) is 105 cm³/mol. The highest BCUT2D eigenvalue weighted by Gasteiger charge is 2.26. The number of benzene rings is 1. The molecule has 3 aromatic rings. The van der Waals surface area contributed by atoms with Gasteiger partial charge in [0.2, 0.25) is 0 Å². The Bertz CT molecular complexity index is 868. The summed E-state index contributed by atoms with van der Waals surface area (Å²) in [6.07, 6.45) is 11.9. The number of hydrogen-bond acceptors (Lipinski definition) is 3. The molecule has 0 aliphatic heterocycles. The summed E-state index contributed by atoms with van der Waals surface area (Å²) in [6, 6.07) is 11.2. The van der Waals surface area contributed by atoms with Crippen molar-refractivity contribution in [3.8, 4) is 22.5 Å². The topological polar surface area (TPSA) is 30.7 Å². The van der Waals surface area contributed by atoms with Crippen molar-refractivity contribution in [2.45, 2.75) is 43.3 Å². The molecule has 0 radical (unpaired) electrons. The molecule has 1 fully saturated rings. The van der Waals surface area contributed by atoms with E-state index in [-0.39, 0.29) is 5.82 Å². The van der Waals surface area contributed by atoms with Crippen molar-refractivity contribution in [1.29, 1.82) is 0 Å². The molecule has 2 heterocycles. The monoisotopic (exact) mass is 367 g/mol. The maximum atomic E-state index is 13.4. The normalized spacial score (nSPS) is 15.3. The van der Waals surface area contributed by atoms with Gasteiger partial charge in [-0.05, 0) is 55.5 Å². The molecule has 0 atom stereocenters. The van der Waals surface area contributed by atoms with Crippen LogP contribution >= 0.6 is 11.8 Å². The summed E-state index contributed by atoms with van der Waals surface area (Å²) in [5.74, 6) is -0.226. The summed E-state index contributed by atoms with van der Waals surface area (Å²) >= 11 is 1.68. The van der Waals surface area contributed by atoms with E-state index in [1.807, 2.05) is 36.7 Å². The molecule has 5 heteroatoms. The van der Waals surface area contributed by atoms with Gasteiger partial charge in [-0.1, -0.05) is 31.0 Å². The molecule has 26 heavy (non-hydrogen) atoms. The molecule has 0 bridgehead atoms. The first-order valence-electron chi connectivity index (χ1n) is 9.10. The van der Waals surface area contributed by atoms with Crippen LogP contribution in [-0.2, 0) is 0 Å². The van der Waals surface area contributed by atoms with Crippen molar-refractivity contribution in [3.05, 3.63) is 54.6 Å². The van der Waals surface area contributed by atoms with Gasteiger partial charge >= 0.3 is 0 Å². The number of hydrogen-bond donors (Lipinski definition) is 0. The molecule has 2 aromatic heterocycles. The Labute approximate surface area is 157 Å². The molecular weight excluding hydrogens is 345 g/mol. The lowest BCUT2D eigenvalue weighted by atomic mass is 9.94.